The van der Waals surface area contributed by atoms with Crippen molar-refractivity contribution in [1.82, 2.24) is 5.01 Å². The maximum Gasteiger partial charge on any atom is 0.246 e. The van der Waals surface area contributed by atoms with E-state index in [2.05, 4.69) is 28.6 Å². The lowest BCUT2D eigenvalue weighted by molar-refractivity contribution is -0.0325. The van der Waals surface area contributed by atoms with Gasteiger partial charge in [-0.15, -0.1) is 0 Å². The first-order valence-electron chi connectivity index (χ1n) is 9.42. The predicted molar refractivity (Wildman–Crippen MR) is 114 cm³/mol. The van der Waals surface area contributed by atoms with Gasteiger partial charge in [0.05, 0.1) is 18.0 Å². The summed E-state index contributed by atoms with van der Waals surface area (Å²) in [5.74, 6) is 2.42. The molecule has 2 atom stereocenters. The van der Waals surface area contributed by atoms with E-state index in [4.69, 9.17) is 19.0 Å². The van der Waals surface area contributed by atoms with Crippen molar-refractivity contribution >= 4 is 21.6 Å². The van der Waals surface area contributed by atoms with E-state index in [1.54, 1.807) is 12.3 Å². The molecule has 1 aromatic heterocycles. The van der Waals surface area contributed by atoms with Crippen LogP contribution in [-0.4, -0.2) is 17.3 Å². The Morgan fingerprint density at radius 2 is 2.07 bits per heavy atom. The van der Waals surface area contributed by atoms with E-state index in [0.29, 0.717) is 6.61 Å². The number of hydrazone groups is 1. The fourth-order valence-corrected chi connectivity index (χ4v) is 4.13. The Bertz CT molecular complexity index is 1060. The molecule has 0 amide bonds. The van der Waals surface area contributed by atoms with E-state index in [1.165, 1.54) is 0 Å². The smallest absolute Gasteiger partial charge is 0.246 e. The van der Waals surface area contributed by atoms with Gasteiger partial charge in [0.1, 0.15) is 18.1 Å². The zero-order valence-corrected chi connectivity index (χ0v) is 17.2. The predicted octanol–water partition coefficient (Wildman–Crippen LogP) is 5.85. The minimum atomic E-state index is -0.392. The lowest BCUT2D eigenvalue weighted by Gasteiger charge is -2.37. The quantitative estimate of drug-likeness (QED) is 0.457. The van der Waals surface area contributed by atoms with Gasteiger partial charge in [-0.25, -0.2) is 5.01 Å². The van der Waals surface area contributed by atoms with Crippen LogP contribution in [0.15, 0.2) is 87.5 Å². The normalized spacial score (nSPS) is 19.8. The molecule has 5 rings (SSSR count). The Kier molecular flexibility index (Phi) is 4.64. The van der Waals surface area contributed by atoms with Crippen molar-refractivity contribution < 1.29 is 13.9 Å². The zero-order chi connectivity index (χ0) is 19.8. The van der Waals surface area contributed by atoms with E-state index < -0.39 is 6.23 Å². The van der Waals surface area contributed by atoms with Crippen LogP contribution in [0.25, 0.3) is 0 Å². The summed E-state index contributed by atoms with van der Waals surface area (Å²) >= 11 is 3.58. The van der Waals surface area contributed by atoms with Crippen molar-refractivity contribution in [1.29, 1.82) is 0 Å². The molecule has 2 aromatic carbocycles. The fourth-order valence-electron chi connectivity index (χ4n) is 3.75. The summed E-state index contributed by atoms with van der Waals surface area (Å²) in [4.78, 5) is 0. The highest BCUT2D eigenvalue weighted by Gasteiger charge is 2.42. The highest BCUT2D eigenvalue weighted by Crippen LogP contribution is 2.48. The van der Waals surface area contributed by atoms with Crippen LogP contribution in [0.1, 0.15) is 35.6 Å². The first-order chi connectivity index (χ1) is 14.2. The van der Waals surface area contributed by atoms with Gasteiger partial charge in [0, 0.05) is 16.5 Å². The van der Waals surface area contributed by atoms with Gasteiger partial charge in [-0.05, 0) is 60.2 Å². The highest BCUT2D eigenvalue weighted by atomic mass is 79.9. The molecule has 0 bridgehead atoms. The minimum Gasteiger partial charge on any atom is -0.490 e. The van der Waals surface area contributed by atoms with Gasteiger partial charge in [0.15, 0.2) is 5.76 Å². The van der Waals surface area contributed by atoms with E-state index in [1.807, 2.05) is 53.5 Å². The first-order valence-corrected chi connectivity index (χ1v) is 10.2. The van der Waals surface area contributed by atoms with Gasteiger partial charge in [0.2, 0.25) is 6.23 Å². The van der Waals surface area contributed by atoms with Crippen LogP contribution < -0.4 is 9.47 Å². The van der Waals surface area contributed by atoms with Crippen LogP contribution in [0.2, 0.25) is 0 Å². The van der Waals surface area contributed by atoms with E-state index in [-0.39, 0.29) is 6.04 Å². The Balaban J connectivity index is 1.50. The van der Waals surface area contributed by atoms with Crippen LogP contribution in [0, 0.1) is 0 Å². The monoisotopic (exact) mass is 450 g/mol. The van der Waals surface area contributed by atoms with Crippen molar-refractivity contribution in [3.63, 3.8) is 0 Å². The van der Waals surface area contributed by atoms with Crippen LogP contribution in [0.4, 0.5) is 0 Å². The van der Waals surface area contributed by atoms with Crippen LogP contribution in [-0.2, 0) is 0 Å². The van der Waals surface area contributed by atoms with Gasteiger partial charge in [-0.1, -0.05) is 28.6 Å². The third-order valence-corrected chi connectivity index (χ3v) is 5.59. The molecular weight excluding hydrogens is 432 g/mol. The van der Waals surface area contributed by atoms with Gasteiger partial charge < -0.3 is 13.9 Å². The number of benzene rings is 2. The molecule has 5 nitrogen and oxygen atoms in total. The molecule has 0 N–H and O–H groups in total. The average Bonchev–Trinajstić information content (AvgIpc) is 3.42. The van der Waals surface area contributed by atoms with Crippen molar-refractivity contribution in [2.75, 3.05) is 6.61 Å². The van der Waals surface area contributed by atoms with Crippen LogP contribution in [0.3, 0.4) is 0 Å². The second kappa shape index (κ2) is 7.44. The summed E-state index contributed by atoms with van der Waals surface area (Å²) in [6, 6.07) is 18.0. The average molecular weight is 451 g/mol. The van der Waals surface area contributed by atoms with Crippen molar-refractivity contribution in [3.05, 3.63) is 94.9 Å². The van der Waals surface area contributed by atoms with Crippen LogP contribution in [0.5, 0.6) is 11.5 Å². The molecule has 0 aliphatic carbocycles. The summed E-state index contributed by atoms with van der Waals surface area (Å²) < 4.78 is 18.5. The maximum atomic E-state index is 6.27. The summed E-state index contributed by atoms with van der Waals surface area (Å²) in [7, 11) is 0. The third kappa shape index (κ3) is 3.34. The zero-order valence-electron chi connectivity index (χ0n) is 15.6. The summed E-state index contributed by atoms with van der Waals surface area (Å²) in [6.07, 6.45) is 3.79. The second-order valence-corrected chi connectivity index (χ2v) is 7.85. The van der Waals surface area contributed by atoms with E-state index in [0.717, 1.165) is 45.0 Å². The third-order valence-electron chi connectivity index (χ3n) is 5.09. The number of nitrogens with zero attached hydrogens (tertiary/aromatic N) is 2. The standard InChI is InChI=1S/C23H19BrN2O3/c1-2-11-27-17-8-5-15(6-9-17)19-14-20-18-13-16(24)7-10-21(18)29-23(26(20)25-19)22-4-3-12-28-22/h2-10,12-13,20,23H,1,11,14H2/t20-,23+/m1/s1. The lowest BCUT2D eigenvalue weighted by Crippen LogP contribution is -2.33. The number of hydrogen-bond acceptors (Lipinski definition) is 5. The van der Waals surface area contributed by atoms with E-state index >= 15 is 0 Å². The van der Waals surface area contributed by atoms with Gasteiger partial charge >= 0.3 is 0 Å². The molecule has 2 aliphatic rings. The number of rotatable bonds is 5. The molecule has 146 valence electrons. The molecule has 0 spiro atoms. The highest BCUT2D eigenvalue weighted by molar-refractivity contribution is 9.10. The first kappa shape index (κ1) is 18.1. The van der Waals surface area contributed by atoms with Crippen molar-refractivity contribution in [3.8, 4) is 11.5 Å². The Hall–Kier alpha value is -2.99. The van der Waals surface area contributed by atoms with Crippen molar-refractivity contribution in [2.45, 2.75) is 18.7 Å². The molecule has 2 aliphatic heterocycles. The van der Waals surface area contributed by atoms with Crippen molar-refractivity contribution in [2.24, 2.45) is 5.10 Å². The van der Waals surface area contributed by atoms with E-state index in [9.17, 15) is 0 Å². The van der Waals surface area contributed by atoms with Gasteiger partial charge in [-0.3, -0.25) is 0 Å². The molecule has 0 saturated carbocycles. The molecule has 3 heterocycles. The fraction of sp³-hybridized carbons (Fsp3) is 0.174. The summed E-state index contributed by atoms with van der Waals surface area (Å²) in [5, 5.41) is 6.94. The Labute approximate surface area is 177 Å². The SMILES string of the molecule is C=CCOc1ccc(C2=NN3[C@H](C2)c2cc(Br)ccc2O[C@H]3c2ccco2)cc1. The Morgan fingerprint density at radius 3 is 2.83 bits per heavy atom. The van der Waals surface area contributed by atoms with Gasteiger partial charge in [-0.2, -0.15) is 5.10 Å². The molecule has 0 radical (unpaired) electrons. The lowest BCUT2D eigenvalue weighted by atomic mass is 9.96. The molecule has 0 saturated heterocycles. The molecule has 3 aromatic rings. The molecule has 29 heavy (non-hydrogen) atoms. The molecular formula is C23H19BrN2O3. The molecule has 0 fully saturated rings. The summed E-state index contributed by atoms with van der Waals surface area (Å²) in [5.41, 5.74) is 3.20. The minimum absolute atomic E-state index is 0.0815. The number of hydrogen-bond donors (Lipinski definition) is 0. The molecule has 6 heteroatoms. The number of halogens is 1. The largest absolute Gasteiger partial charge is 0.490 e. The number of furan rings is 1. The van der Waals surface area contributed by atoms with Gasteiger partial charge in [0.25, 0.3) is 0 Å². The number of ether oxygens (including phenoxy) is 2. The molecule has 0 unspecified atom stereocenters. The Morgan fingerprint density at radius 1 is 1.21 bits per heavy atom. The topological polar surface area (TPSA) is 47.2 Å². The van der Waals surface area contributed by atoms with Crippen LogP contribution >= 0.6 is 15.9 Å². The second-order valence-electron chi connectivity index (χ2n) is 6.94. The number of fused-ring (bicyclic) bond motifs is 3. The maximum absolute atomic E-state index is 6.27. The summed E-state index contributed by atoms with van der Waals surface area (Å²) in [6.45, 7) is 4.17.